The number of carbonyl (C=O) groups excluding carboxylic acids is 1. The number of halogens is 2. The standard InChI is InChI=1S/C21H21Cl2N5O2S/c1-4-28-20(14-5-8-16(30-3)9-6-14)26-27-21(28)31-12-19(29)25-24-13(2)15-7-10-17(22)18(23)11-15/h5-11H,4,12H2,1-3H3,(H,25,29)/b24-13+. The molecule has 31 heavy (non-hydrogen) atoms. The van der Waals surface area contributed by atoms with Gasteiger partial charge >= 0.3 is 0 Å². The molecule has 3 aromatic rings. The van der Waals surface area contributed by atoms with Crippen LogP contribution < -0.4 is 10.2 Å². The van der Waals surface area contributed by atoms with Crippen molar-refractivity contribution in [3.8, 4) is 17.1 Å². The van der Waals surface area contributed by atoms with Gasteiger partial charge in [0.15, 0.2) is 11.0 Å². The Morgan fingerprint density at radius 3 is 2.55 bits per heavy atom. The highest BCUT2D eigenvalue weighted by molar-refractivity contribution is 7.99. The number of thioether (sulfide) groups is 1. The number of rotatable bonds is 8. The van der Waals surface area contributed by atoms with Gasteiger partial charge in [-0.05, 0) is 55.8 Å². The first-order chi connectivity index (χ1) is 14.9. The van der Waals surface area contributed by atoms with Crippen molar-refractivity contribution in [1.29, 1.82) is 0 Å². The first kappa shape index (κ1) is 23.1. The number of hydrogen-bond donors (Lipinski definition) is 1. The van der Waals surface area contributed by atoms with Gasteiger partial charge in [0.2, 0.25) is 0 Å². The number of nitrogens with one attached hydrogen (secondary N) is 1. The fourth-order valence-corrected chi connectivity index (χ4v) is 3.82. The van der Waals surface area contributed by atoms with E-state index >= 15 is 0 Å². The van der Waals surface area contributed by atoms with Gasteiger partial charge in [-0.15, -0.1) is 10.2 Å². The van der Waals surface area contributed by atoms with Crippen molar-refractivity contribution in [2.24, 2.45) is 5.10 Å². The summed E-state index contributed by atoms with van der Waals surface area (Å²) in [6, 6.07) is 12.8. The van der Waals surface area contributed by atoms with E-state index in [1.165, 1.54) is 11.8 Å². The molecule has 3 rings (SSSR count). The maximum absolute atomic E-state index is 12.3. The molecular weight excluding hydrogens is 457 g/mol. The van der Waals surface area contributed by atoms with Crippen LogP contribution in [0.15, 0.2) is 52.7 Å². The van der Waals surface area contributed by atoms with Gasteiger partial charge in [0.25, 0.3) is 5.91 Å². The highest BCUT2D eigenvalue weighted by atomic mass is 35.5. The molecule has 162 valence electrons. The summed E-state index contributed by atoms with van der Waals surface area (Å²) >= 11 is 13.3. The molecule has 7 nitrogen and oxygen atoms in total. The van der Waals surface area contributed by atoms with Crippen LogP contribution in [0, 0.1) is 0 Å². The molecule has 0 fully saturated rings. The molecule has 0 aliphatic rings. The zero-order chi connectivity index (χ0) is 22.4. The van der Waals surface area contributed by atoms with Gasteiger partial charge in [0.05, 0.1) is 28.6 Å². The fraction of sp³-hybridized carbons (Fsp3) is 0.238. The van der Waals surface area contributed by atoms with Crippen molar-refractivity contribution < 1.29 is 9.53 Å². The van der Waals surface area contributed by atoms with Crippen LogP contribution in [0.25, 0.3) is 11.4 Å². The Kier molecular flexibility index (Phi) is 7.95. The van der Waals surface area contributed by atoms with Crippen LogP contribution in [-0.2, 0) is 11.3 Å². The number of amides is 1. The summed E-state index contributed by atoms with van der Waals surface area (Å²) in [4.78, 5) is 12.3. The summed E-state index contributed by atoms with van der Waals surface area (Å²) < 4.78 is 7.16. The van der Waals surface area contributed by atoms with Gasteiger partial charge in [-0.3, -0.25) is 4.79 Å². The lowest BCUT2D eigenvalue weighted by Gasteiger charge is -2.08. The van der Waals surface area contributed by atoms with E-state index in [0.717, 1.165) is 22.7 Å². The highest BCUT2D eigenvalue weighted by Crippen LogP contribution is 2.26. The Hall–Kier alpha value is -2.55. The van der Waals surface area contributed by atoms with Crippen molar-refractivity contribution >= 4 is 46.6 Å². The van der Waals surface area contributed by atoms with Gasteiger partial charge in [-0.2, -0.15) is 5.10 Å². The molecule has 0 spiro atoms. The highest BCUT2D eigenvalue weighted by Gasteiger charge is 2.15. The first-order valence-electron chi connectivity index (χ1n) is 9.42. The summed E-state index contributed by atoms with van der Waals surface area (Å²) in [6.07, 6.45) is 0. The van der Waals surface area contributed by atoms with Crippen molar-refractivity contribution in [3.63, 3.8) is 0 Å². The van der Waals surface area contributed by atoms with Gasteiger partial charge in [0, 0.05) is 12.1 Å². The average molecular weight is 478 g/mol. The number of methoxy groups -OCH3 is 1. The summed E-state index contributed by atoms with van der Waals surface area (Å²) in [5.74, 6) is 1.41. The maximum atomic E-state index is 12.3. The summed E-state index contributed by atoms with van der Waals surface area (Å²) in [5.41, 5.74) is 4.87. The zero-order valence-corrected chi connectivity index (χ0v) is 19.6. The third-order valence-corrected chi connectivity index (χ3v) is 6.11. The Balaban J connectivity index is 1.63. The van der Waals surface area contributed by atoms with Crippen LogP contribution in [0.3, 0.4) is 0 Å². The maximum Gasteiger partial charge on any atom is 0.250 e. The van der Waals surface area contributed by atoms with Crippen LogP contribution in [0.4, 0.5) is 0 Å². The number of carbonyl (C=O) groups is 1. The molecule has 1 amide bonds. The van der Waals surface area contributed by atoms with Crippen molar-refractivity contribution in [2.75, 3.05) is 12.9 Å². The second-order valence-electron chi connectivity index (χ2n) is 6.43. The third kappa shape index (κ3) is 5.78. The Labute approximate surface area is 194 Å². The summed E-state index contributed by atoms with van der Waals surface area (Å²) in [6.45, 7) is 4.46. The lowest BCUT2D eigenvalue weighted by molar-refractivity contribution is -0.118. The topological polar surface area (TPSA) is 81.4 Å². The van der Waals surface area contributed by atoms with Crippen LogP contribution in [0.1, 0.15) is 19.4 Å². The summed E-state index contributed by atoms with van der Waals surface area (Å²) in [7, 11) is 1.62. The quantitative estimate of drug-likeness (QED) is 0.283. The van der Waals surface area contributed by atoms with Crippen LogP contribution in [-0.4, -0.2) is 39.2 Å². The first-order valence-corrected chi connectivity index (χ1v) is 11.2. The lowest BCUT2D eigenvalue weighted by atomic mass is 10.1. The van der Waals surface area contributed by atoms with Gasteiger partial charge in [-0.1, -0.05) is 41.0 Å². The molecule has 0 saturated carbocycles. The van der Waals surface area contributed by atoms with E-state index in [4.69, 9.17) is 27.9 Å². The third-order valence-electron chi connectivity index (χ3n) is 4.40. The minimum Gasteiger partial charge on any atom is -0.497 e. The molecule has 0 atom stereocenters. The van der Waals surface area contributed by atoms with Gasteiger partial charge < -0.3 is 9.30 Å². The van der Waals surface area contributed by atoms with E-state index in [1.807, 2.05) is 35.8 Å². The van der Waals surface area contributed by atoms with Gasteiger partial charge in [0.1, 0.15) is 5.75 Å². The Bertz CT molecular complexity index is 1100. The normalized spacial score (nSPS) is 11.5. The molecular formula is C21H21Cl2N5O2S. The number of ether oxygens (including phenoxy) is 1. The summed E-state index contributed by atoms with van der Waals surface area (Å²) in [5, 5.41) is 14.2. The van der Waals surface area contributed by atoms with Gasteiger partial charge in [-0.25, -0.2) is 5.43 Å². The van der Waals surface area contributed by atoms with E-state index in [2.05, 4.69) is 20.7 Å². The van der Waals surface area contributed by atoms with E-state index in [0.29, 0.717) is 27.5 Å². The molecule has 0 unspecified atom stereocenters. The molecule has 0 bridgehead atoms. The second-order valence-corrected chi connectivity index (χ2v) is 8.19. The van der Waals surface area contributed by atoms with Crippen LogP contribution in [0.5, 0.6) is 5.75 Å². The number of nitrogens with zero attached hydrogens (tertiary/aromatic N) is 4. The van der Waals surface area contributed by atoms with E-state index in [1.54, 1.807) is 32.2 Å². The number of hydrazone groups is 1. The van der Waals surface area contributed by atoms with E-state index in [-0.39, 0.29) is 11.7 Å². The molecule has 0 saturated heterocycles. The number of aromatic nitrogens is 3. The van der Waals surface area contributed by atoms with Crippen LogP contribution >= 0.6 is 35.0 Å². The molecule has 1 N–H and O–H groups in total. The minimum atomic E-state index is -0.249. The predicted octanol–water partition coefficient (Wildman–Crippen LogP) is 4.91. The molecule has 2 aromatic carbocycles. The smallest absolute Gasteiger partial charge is 0.250 e. The van der Waals surface area contributed by atoms with Crippen molar-refractivity contribution in [1.82, 2.24) is 20.2 Å². The SMILES string of the molecule is CCn1c(SCC(=O)N/N=C(\C)c2ccc(Cl)c(Cl)c2)nnc1-c1ccc(OC)cc1. The largest absolute Gasteiger partial charge is 0.497 e. The van der Waals surface area contributed by atoms with Crippen molar-refractivity contribution in [2.45, 2.75) is 25.5 Å². The Morgan fingerprint density at radius 2 is 1.90 bits per heavy atom. The molecule has 1 heterocycles. The van der Waals surface area contributed by atoms with E-state index in [9.17, 15) is 4.79 Å². The number of hydrogen-bond acceptors (Lipinski definition) is 6. The van der Waals surface area contributed by atoms with Crippen LogP contribution in [0.2, 0.25) is 10.0 Å². The van der Waals surface area contributed by atoms with E-state index < -0.39 is 0 Å². The molecule has 0 aliphatic heterocycles. The van der Waals surface area contributed by atoms with Crippen molar-refractivity contribution in [3.05, 3.63) is 58.1 Å². The predicted molar refractivity (Wildman–Crippen MR) is 125 cm³/mol. The Morgan fingerprint density at radius 1 is 1.16 bits per heavy atom. The minimum absolute atomic E-state index is 0.152. The number of benzene rings is 2. The molecule has 0 radical (unpaired) electrons. The average Bonchev–Trinajstić information content (AvgIpc) is 3.20. The molecule has 1 aromatic heterocycles. The molecule has 10 heteroatoms. The molecule has 0 aliphatic carbocycles. The monoisotopic (exact) mass is 477 g/mol. The fourth-order valence-electron chi connectivity index (χ4n) is 2.73. The lowest BCUT2D eigenvalue weighted by Crippen LogP contribution is -2.21. The second kappa shape index (κ2) is 10.7. The zero-order valence-electron chi connectivity index (χ0n) is 17.2.